The van der Waals surface area contributed by atoms with Crippen molar-refractivity contribution in [1.29, 1.82) is 0 Å². The highest BCUT2D eigenvalue weighted by atomic mass is 19.4. The van der Waals surface area contributed by atoms with Gasteiger partial charge in [0.15, 0.2) is 0 Å². The molecular weight excluding hydrogens is 485 g/mol. The summed E-state index contributed by atoms with van der Waals surface area (Å²) in [6, 6.07) is 8.26. The van der Waals surface area contributed by atoms with E-state index in [0.29, 0.717) is 25.9 Å². The smallest absolute Gasteiger partial charge is 0.391 e. The van der Waals surface area contributed by atoms with Gasteiger partial charge in [-0.3, -0.25) is 9.59 Å². The van der Waals surface area contributed by atoms with Crippen LogP contribution < -0.4 is 21.3 Å². The Balaban J connectivity index is 2.53. The Morgan fingerprint density at radius 1 is 1.11 bits per heavy atom. The zero-order valence-corrected chi connectivity index (χ0v) is 21.8. The summed E-state index contributed by atoms with van der Waals surface area (Å²) in [5.74, 6) is -1.71. The first-order valence-electron chi connectivity index (χ1n) is 12.4. The maximum atomic E-state index is 13.7. The van der Waals surface area contributed by atoms with Gasteiger partial charge in [0.2, 0.25) is 11.8 Å². The highest BCUT2D eigenvalue weighted by Crippen LogP contribution is 2.35. The van der Waals surface area contributed by atoms with E-state index in [1.807, 2.05) is 39.0 Å². The molecule has 5 N–H and O–H groups in total. The van der Waals surface area contributed by atoms with Crippen LogP contribution in [0.5, 0.6) is 0 Å². The molecular formula is C27H37F3N4O3. The lowest BCUT2D eigenvalue weighted by Gasteiger charge is -2.36. The largest absolute Gasteiger partial charge is 0.416 e. The van der Waals surface area contributed by atoms with Gasteiger partial charge in [-0.1, -0.05) is 37.1 Å². The third-order valence-electron chi connectivity index (χ3n) is 6.03. The molecule has 10 heteroatoms. The molecule has 2 unspecified atom stereocenters. The number of anilines is 2. The van der Waals surface area contributed by atoms with E-state index in [1.54, 1.807) is 6.92 Å². The molecule has 0 aliphatic carbocycles. The molecule has 0 aliphatic rings. The van der Waals surface area contributed by atoms with Crippen LogP contribution >= 0.6 is 0 Å². The number of hydrogen-bond acceptors (Lipinski definition) is 5. The minimum absolute atomic E-state index is 0.0752. The van der Waals surface area contributed by atoms with E-state index in [4.69, 9.17) is 5.73 Å². The molecule has 0 saturated heterocycles. The van der Waals surface area contributed by atoms with Crippen LogP contribution in [0.15, 0.2) is 36.4 Å². The Labute approximate surface area is 216 Å². The molecule has 0 spiro atoms. The lowest BCUT2D eigenvalue weighted by molar-refractivity contribution is -0.137. The summed E-state index contributed by atoms with van der Waals surface area (Å²) >= 11 is 0. The predicted molar refractivity (Wildman–Crippen MR) is 139 cm³/mol. The Morgan fingerprint density at radius 2 is 1.81 bits per heavy atom. The first kappa shape index (κ1) is 30.1. The third kappa shape index (κ3) is 8.75. The minimum atomic E-state index is -4.67. The normalized spacial score (nSPS) is 13.2. The van der Waals surface area contributed by atoms with Crippen LogP contribution in [0.3, 0.4) is 0 Å². The zero-order valence-electron chi connectivity index (χ0n) is 21.8. The van der Waals surface area contributed by atoms with Gasteiger partial charge in [0.25, 0.3) is 0 Å². The molecule has 2 atom stereocenters. The van der Waals surface area contributed by atoms with E-state index in [9.17, 15) is 27.9 Å². The minimum Gasteiger partial charge on any atom is -0.391 e. The molecule has 0 aliphatic heterocycles. The number of benzene rings is 2. The van der Waals surface area contributed by atoms with Crippen molar-refractivity contribution in [1.82, 2.24) is 5.32 Å². The Bertz CT molecular complexity index is 1080. The summed E-state index contributed by atoms with van der Waals surface area (Å²) in [5, 5.41) is 17.1. The first-order chi connectivity index (χ1) is 17.4. The summed E-state index contributed by atoms with van der Waals surface area (Å²) in [4.78, 5) is 26.0. The number of alkyl halides is 3. The maximum Gasteiger partial charge on any atom is 0.416 e. The number of primary amides is 1. The maximum absolute atomic E-state index is 13.7. The molecule has 0 bridgehead atoms. The van der Waals surface area contributed by atoms with E-state index in [0.717, 1.165) is 33.7 Å². The number of rotatable bonds is 13. The fourth-order valence-electron chi connectivity index (χ4n) is 4.26. The average molecular weight is 523 g/mol. The second kappa shape index (κ2) is 13.4. The molecule has 0 aromatic heterocycles. The van der Waals surface area contributed by atoms with E-state index < -0.39 is 42.1 Å². The molecule has 0 radical (unpaired) electrons. The first-order valence-corrected chi connectivity index (χ1v) is 12.4. The average Bonchev–Trinajstić information content (AvgIpc) is 2.79. The SMILES string of the molecule is CCCC(O)C(CNCc1ccc(C)cc1C)N(C(=O)CC(N)=O)c1cc(NCC)cc(C(F)(F)F)c1. The molecule has 2 rings (SSSR count). The second-order valence-electron chi connectivity index (χ2n) is 9.19. The molecule has 0 fully saturated rings. The number of carbonyl (C=O) groups is 2. The molecule has 2 aromatic rings. The van der Waals surface area contributed by atoms with Crippen LogP contribution in [0.1, 0.15) is 55.4 Å². The van der Waals surface area contributed by atoms with Gasteiger partial charge in [0, 0.05) is 31.0 Å². The Morgan fingerprint density at radius 3 is 2.38 bits per heavy atom. The van der Waals surface area contributed by atoms with E-state index >= 15 is 0 Å². The summed E-state index contributed by atoms with van der Waals surface area (Å²) in [6.45, 7) is 8.40. The van der Waals surface area contributed by atoms with E-state index in [1.165, 1.54) is 6.07 Å². The lowest BCUT2D eigenvalue weighted by atomic mass is 10.0. The van der Waals surface area contributed by atoms with Crippen LogP contribution in [0.2, 0.25) is 0 Å². The molecule has 204 valence electrons. The molecule has 2 aromatic carbocycles. The number of nitrogens with two attached hydrogens (primary N) is 1. The number of carbonyl (C=O) groups excluding carboxylic acids is 2. The summed E-state index contributed by atoms with van der Waals surface area (Å²) in [7, 11) is 0. The Hall–Kier alpha value is -3.11. The summed E-state index contributed by atoms with van der Waals surface area (Å²) < 4.78 is 41.2. The van der Waals surface area contributed by atoms with Crippen LogP contribution in [0.25, 0.3) is 0 Å². The number of aliphatic hydroxyl groups is 1. The quantitative estimate of drug-likeness (QED) is 0.294. The van der Waals surface area contributed by atoms with Crippen molar-refractivity contribution in [2.24, 2.45) is 5.73 Å². The Kier molecular flexibility index (Phi) is 10.9. The highest BCUT2D eigenvalue weighted by molar-refractivity contribution is 6.05. The van der Waals surface area contributed by atoms with Crippen molar-refractivity contribution in [3.05, 3.63) is 58.7 Å². The second-order valence-corrected chi connectivity index (χ2v) is 9.19. The van der Waals surface area contributed by atoms with E-state index in [2.05, 4.69) is 10.6 Å². The van der Waals surface area contributed by atoms with Crippen molar-refractivity contribution in [2.75, 3.05) is 23.3 Å². The van der Waals surface area contributed by atoms with Crippen LogP contribution in [-0.4, -0.2) is 42.2 Å². The highest BCUT2D eigenvalue weighted by Gasteiger charge is 2.35. The topological polar surface area (TPSA) is 108 Å². The van der Waals surface area contributed by atoms with Crippen LogP contribution in [-0.2, 0) is 22.3 Å². The van der Waals surface area contributed by atoms with Gasteiger partial charge in [-0.2, -0.15) is 13.2 Å². The van der Waals surface area contributed by atoms with E-state index in [-0.39, 0.29) is 17.9 Å². The fraction of sp³-hybridized carbons (Fsp3) is 0.481. The fourth-order valence-corrected chi connectivity index (χ4v) is 4.26. The number of nitrogens with one attached hydrogen (secondary N) is 2. The number of aryl methyl sites for hydroxylation is 2. The van der Waals surface area contributed by atoms with Gasteiger partial charge in [0.1, 0.15) is 6.42 Å². The van der Waals surface area contributed by atoms with Gasteiger partial charge >= 0.3 is 6.18 Å². The van der Waals surface area contributed by atoms with Crippen molar-refractivity contribution in [3.63, 3.8) is 0 Å². The molecule has 0 heterocycles. The predicted octanol–water partition coefficient (Wildman–Crippen LogP) is 4.28. The molecule has 2 amide bonds. The number of nitrogens with zero attached hydrogens (tertiary/aromatic N) is 1. The summed E-state index contributed by atoms with van der Waals surface area (Å²) in [5.41, 5.74) is 7.59. The number of hydrogen-bond donors (Lipinski definition) is 4. The standard InChI is InChI=1S/C27H37F3N4O3/c1-5-7-24(35)23(16-32-15-19-9-8-17(3)10-18(19)4)34(26(37)14-25(31)36)22-12-20(27(28,29)30)11-21(13-22)33-6-2/h8-13,23-24,32-33,35H,5-7,14-16H2,1-4H3,(H2,31,36). The molecule has 0 saturated carbocycles. The van der Waals surface area contributed by atoms with Crippen molar-refractivity contribution in [2.45, 2.75) is 71.8 Å². The number of amides is 2. The van der Waals surface area contributed by atoms with Gasteiger partial charge in [0.05, 0.1) is 17.7 Å². The van der Waals surface area contributed by atoms with Gasteiger partial charge in [-0.25, -0.2) is 0 Å². The van der Waals surface area contributed by atoms with Crippen molar-refractivity contribution < 1.29 is 27.9 Å². The zero-order chi connectivity index (χ0) is 27.8. The lowest BCUT2D eigenvalue weighted by Crippen LogP contribution is -2.53. The molecule has 37 heavy (non-hydrogen) atoms. The van der Waals surface area contributed by atoms with Crippen molar-refractivity contribution >= 4 is 23.2 Å². The van der Waals surface area contributed by atoms with Crippen molar-refractivity contribution in [3.8, 4) is 0 Å². The number of halogens is 3. The monoisotopic (exact) mass is 522 g/mol. The molecule has 7 nitrogen and oxygen atoms in total. The van der Waals surface area contributed by atoms with Gasteiger partial charge in [-0.05, 0) is 56.5 Å². The van der Waals surface area contributed by atoms with Gasteiger partial charge in [-0.15, -0.1) is 0 Å². The summed E-state index contributed by atoms with van der Waals surface area (Å²) in [6.07, 6.45) is -5.56. The van der Waals surface area contributed by atoms with Gasteiger partial charge < -0.3 is 26.4 Å². The van der Waals surface area contributed by atoms with Crippen LogP contribution in [0.4, 0.5) is 24.5 Å². The van der Waals surface area contributed by atoms with Crippen LogP contribution in [0, 0.1) is 13.8 Å². The third-order valence-corrected chi connectivity index (χ3v) is 6.03. The number of aliphatic hydroxyl groups excluding tert-OH is 1.